The largest absolute Gasteiger partial charge is 0.219 e. The molecule has 16 heavy (non-hydrogen) atoms. The fourth-order valence-electron chi connectivity index (χ4n) is 1.17. The van der Waals surface area contributed by atoms with Gasteiger partial charge in [0, 0.05) is 4.47 Å². The van der Waals surface area contributed by atoms with E-state index in [4.69, 9.17) is 34.8 Å². The number of nitrogens with zero attached hydrogens (tertiary/aromatic N) is 3. The molecule has 0 aliphatic carbocycles. The van der Waals surface area contributed by atoms with Gasteiger partial charge in [-0.3, -0.25) is 0 Å². The Kier molecular flexibility index (Phi) is 3.74. The molecule has 0 bridgehead atoms. The molecule has 0 aliphatic rings. The maximum atomic E-state index is 6.10. The Balaban J connectivity index is 2.52. The topological polar surface area (TPSA) is 30.7 Å². The van der Waals surface area contributed by atoms with E-state index in [1.165, 1.54) is 0 Å². The van der Waals surface area contributed by atoms with Crippen LogP contribution in [0.15, 0.2) is 22.8 Å². The minimum Gasteiger partial charge on any atom is -0.219 e. The fourth-order valence-corrected chi connectivity index (χ4v) is 2.15. The predicted octanol–water partition coefficient (Wildman–Crippen LogP) is 4.08. The Morgan fingerprint density at radius 3 is 2.62 bits per heavy atom. The number of hydrogen-bond acceptors (Lipinski definition) is 2. The van der Waals surface area contributed by atoms with Gasteiger partial charge < -0.3 is 0 Å². The van der Waals surface area contributed by atoms with Gasteiger partial charge in [0.1, 0.15) is 0 Å². The second-order valence-electron chi connectivity index (χ2n) is 2.98. The summed E-state index contributed by atoms with van der Waals surface area (Å²) in [5.74, 6) is 0.307. The molecular weight excluding hydrogens is 336 g/mol. The Morgan fingerprint density at radius 1 is 1.25 bits per heavy atom. The normalized spacial score (nSPS) is 10.8. The lowest BCUT2D eigenvalue weighted by atomic mass is 10.3. The lowest BCUT2D eigenvalue weighted by molar-refractivity contribution is 0.800. The van der Waals surface area contributed by atoms with Crippen molar-refractivity contribution in [3.63, 3.8) is 0 Å². The molecule has 0 spiro atoms. The lowest BCUT2D eigenvalue weighted by Gasteiger charge is -2.05. The van der Waals surface area contributed by atoms with Crippen molar-refractivity contribution in [2.75, 3.05) is 0 Å². The van der Waals surface area contributed by atoms with Crippen molar-refractivity contribution in [1.82, 2.24) is 15.0 Å². The Morgan fingerprint density at radius 2 is 2.00 bits per heavy atom. The van der Waals surface area contributed by atoms with Crippen molar-refractivity contribution >= 4 is 50.7 Å². The van der Waals surface area contributed by atoms with Crippen molar-refractivity contribution < 1.29 is 0 Å². The molecule has 2 aromatic rings. The van der Waals surface area contributed by atoms with Crippen molar-refractivity contribution in [1.29, 1.82) is 0 Å². The van der Waals surface area contributed by atoms with Crippen molar-refractivity contribution in [2.45, 2.75) is 5.88 Å². The summed E-state index contributed by atoms with van der Waals surface area (Å²) in [6.07, 6.45) is 1.71. The van der Waals surface area contributed by atoms with Crippen LogP contribution in [0.5, 0.6) is 0 Å². The molecule has 84 valence electrons. The summed E-state index contributed by atoms with van der Waals surface area (Å²) in [7, 11) is 0. The van der Waals surface area contributed by atoms with E-state index in [-0.39, 0.29) is 0 Å². The maximum absolute atomic E-state index is 6.10. The van der Waals surface area contributed by atoms with E-state index in [9.17, 15) is 0 Å². The average Bonchev–Trinajstić information content (AvgIpc) is 2.74. The molecule has 0 N–H and O–H groups in total. The molecule has 0 atom stereocenters. The molecule has 0 saturated heterocycles. The van der Waals surface area contributed by atoms with E-state index >= 15 is 0 Å². The number of alkyl halides is 1. The van der Waals surface area contributed by atoms with Crippen LogP contribution in [0.2, 0.25) is 10.0 Å². The molecule has 1 aromatic carbocycles. The minimum atomic E-state index is 0.307. The van der Waals surface area contributed by atoms with E-state index in [1.54, 1.807) is 23.0 Å². The molecule has 1 heterocycles. The summed E-state index contributed by atoms with van der Waals surface area (Å²) in [6.45, 7) is 0. The van der Waals surface area contributed by atoms with Gasteiger partial charge in [-0.15, -0.1) is 16.7 Å². The van der Waals surface area contributed by atoms with Crippen molar-refractivity contribution in [3.8, 4) is 5.69 Å². The molecule has 7 heteroatoms. The van der Waals surface area contributed by atoms with Crippen LogP contribution >= 0.6 is 50.7 Å². The Bertz CT molecular complexity index is 527. The fraction of sp³-hybridized carbons (Fsp3) is 0.111. The van der Waals surface area contributed by atoms with Crippen LogP contribution in [0.1, 0.15) is 5.69 Å². The zero-order chi connectivity index (χ0) is 11.7. The molecule has 0 amide bonds. The summed E-state index contributed by atoms with van der Waals surface area (Å²) in [5.41, 5.74) is 1.34. The van der Waals surface area contributed by atoms with Gasteiger partial charge in [0.2, 0.25) is 0 Å². The van der Waals surface area contributed by atoms with Crippen LogP contribution in [-0.4, -0.2) is 15.0 Å². The summed E-state index contributed by atoms with van der Waals surface area (Å²) in [5, 5.41) is 8.65. The molecule has 0 saturated carbocycles. The smallest absolute Gasteiger partial charge is 0.0979 e. The third-order valence-corrected chi connectivity index (χ3v) is 3.97. The first-order valence-corrected chi connectivity index (χ1v) is 6.33. The van der Waals surface area contributed by atoms with Gasteiger partial charge >= 0.3 is 0 Å². The number of benzene rings is 1. The van der Waals surface area contributed by atoms with Crippen molar-refractivity contribution in [2.24, 2.45) is 0 Å². The quantitative estimate of drug-likeness (QED) is 0.609. The van der Waals surface area contributed by atoms with E-state index in [1.807, 2.05) is 0 Å². The average molecular weight is 341 g/mol. The third kappa shape index (κ3) is 2.20. The maximum Gasteiger partial charge on any atom is 0.0979 e. The highest BCUT2D eigenvalue weighted by atomic mass is 79.9. The molecule has 0 fully saturated rings. The Hall–Kier alpha value is -0.290. The van der Waals surface area contributed by atoms with Gasteiger partial charge in [-0.25, -0.2) is 4.68 Å². The van der Waals surface area contributed by atoms with Crippen LogP contribution in [0, 0.1) is 0 Å². The molecule has 1 aromatic heterocycles. The highest BCUT2D eigenvalue weighted by Crippen LogP contribution is 2.34. The van der Waals surface area contributed by atoms with E-state index in [0.717, 1.165) is 4.47 Å². The summed E-state index contributed by atoms with van der Waals surface area (Å²) >= 11 is 21.0. The highest BCUT2D eigenvalue weighted by Gasteiger charge is 2.11. The SMILES string of the molecule is ClCc1cn(-c2ccc(Br)c(Cl)c2Cl)nn1. The second-order valence-corrected chi connectivity index (χ2v) is 4.86. The number of halogens is 4. The molecular formula is C9H5BrCl3N3. The molecule has 2 rings (SSSR count). The van der Waals surface area contributed by atoms with Crippen LogP contribution in [0.3, 0.4) is 0 Å². The minimum absolute atomic E-state index is 0.307. The predicted molar refractivity (Wildman–Crippen MR) is 68.6 cm³/mol. The van der Waals surface area contributed by atoms with Crippen LogP contribution in [-0.2, 0) is 5.88 Å². The molecule has 0 unspecified atom stereocenters. The first-order chi connectivity index (χ1) is 7.63. The monoisotopic (exact) mass is 339 g/mol. The molecule has 3 nitrogen and oxygen atoms in total. The first kappa shape index (κ1) is 12.2. The van der Waals surface area contributed by atoms with Gasteiger partial charge in [-0.1, -0.05) is 28.4 Å². The number of hydrogen-bond donors (Lipinski definition) is 0. The highest BCUT2D eigenvalue weighted by molar-refractivity contribution is 9.10. The zero-order valence-corrected chi connectivity index (χ0v) is 11.6. The third-order valence-electron chi connectivity index (χ3n) is 1.94. The van der Waals surface area contributed by atoms with Gasteiger partial charge in [0.05, 0.1) is 33.5 Å². The van der Waals surface area contributed by atoms with Crippen LogP contribution in [0.4, 0.5) is 0 Å². The van der Waals surface area contributed by atoms with Gasteiger partial charge in [-0.2, -0.15) is 0 Å². The van der Waals surface area contributed by atoms with Crippen LogP contribution in [0.25, 0.3) is 5.69 Å². The molecule has 0 aliphatic heterocycles. The standard InChI is InChI=1S/C9H5BrCl3N3/c10-6-1-2-7(9(13)8(6)12)16-4-5(3-11)14-15-16/h1-2,4H,3H2. The number of rotatable bonds is 2. The summed E-state index contributed by atoms with van der Waals surface area (Å²) in [4.78, 5) is 0. The second kappa shape index (κ2) is 4.92. The van der Waals surface area contributed by atoms with Crippen LogP contribution < -0.4 is 0 Å². The van der Waals surface area contributed by atoms with Gasteiger partial charge in [0.25, 0.3) is 0 Å². The van der Waals surface area contributed by atoms with Gasteiger partial charge in [0.15, 0.2) is 0 Å². The van der Waals surface area contributed by atoms with E-state index < -0.39 is 0 Å². The number of aromatic nitrogens is 3. The lowest BCUT2D eigenvalue weighted by Crippen LogP contribution is -1.96. The van der Waals surface area contributed by atoms with E-state index in [0.29, 0.717) is 27.3 Å². The zero-order valence-electron chi connectivity index (χ0n) is 7.79. The van der Waals surface area contributed by atoms with Crippen molar-refractivity contribution in [3.05, 3.63) is 38.5 Å². The first-order valence-electron chi connectivity index (χ1n) is 4.24. The molecule has 0 radical (unpaired) electrons. The van der Waals surface area contributed by atoms with E-state index in [2.05, 4.69) is 26.2 Å². The summed E-state index contributed by atoms with van der Waals surface area (Å²) < 4.78 is 2.28. The summed E-state index contributed by atoms with van der Waals surface area (Å²) in [6, 6.07) is 3.59. The van der Waals surface area contributed by atoms with Gasteiger partial charge in [-0.05, 0) is 28.1 Å². The Labute approximate surface area is 115 Å².